The molecule has 0 saturated carbocycles. The predicted octanol–water partition coefficient (Wildman–Crippen LogP) is 4.39. The Labute approximate surface area is 168 Å². The molecule has 1 heterocycles. The van der Waals surface area contributed by atoms with E-state index in [1.165, 1.54) is 37.0 Å². The van der Waals surface area contributed by atoms with Gasteiger partial charge in [-0.3, -0.25) is 9.69 Å². The summed E-state index contributed by atoms with van der Waals surface area (Å²) in [5.74, 6) is -0.365. The molecule has 29 heavy (non-hydrogen) atoms. The molecule has 0 radical (unpaired) electrons. The van der Waals surface area contributed by atoms with Crippen molar-refractivity contribution < 1.29 is 22.7 Å². The molecule has 1 N–H and O–H groups in total. The summed E-state index contributed by atoms with van der Waals surface area (Å²) >= 11 is 0. The molecule has 1 aliphatic rings. The number of benzene rings is 2. The first-order valence-electron chi connectivity index (χ1n) is 9.78. The number of piperidine rings is 1. The lowest BCUT2D eigenvalue weighted by molar-refractivity contribution is -0.137. The molecule has 2 aromatic carbocycles. The van der Waals surface area contributed by atoms with Crippen LogP contribution >= 0.6 is 0 Å². The van der Waals surface area contributed by atoms with Crippen molar-refractivity contribution in [1.82, 2.24) is 10.2 Å². The molecule has 3 rings (SSSR count). The third-order valence-corrected chi connectivity index (χ3v) is 4.97. The van der Waals surface area contributed by atoms with Crippen LogP contribution < -0.4 is 10.1 Å². The summed E-state index contributed by atoms with van der Waals surface area (Å²) in [7, 11) is 0. The summed E-state index contributed by atoms with van der Waals surface area (Å²) in [5.41, 5.74) is 1.40. The molecule has 2 aromatic rings. The molecule has 0 unspecified atom stereocenters. The van der Waals surface area contributed by atoms with Crippen molar-refractivity contribution in [3.05, 3.63) is 65.2 Å². The van der Waals surface area contributed by atoms with Crippen LogP contribution in [-0.4, -0.2) is 30.5 Å². The molecule has 4 nitrogen and oxygen atoms in total. The van der Waals surface area contributed by atoms with E-state index in [4.69, 9.17) is 4.74 Å². The normalized spacial score (nSPS) is 15.1. The van der Waals surface area contributed by atoms with Gasteiger partial charge in [0.05, 0.1) is 5.56 Å². The van der Waals surface area contributed by atoms with E-state index >= 15 is 0 Å². The van der Waals surface area contributed by atoms with Gasteiger partial charge in [-0.15, -0.1) is 0 Å². The van der Waals surface area contributed by atoms with Crippen molar-refractivity contribution in [2.75, 3.05) is 19.7 Å². The van der Waals surface area contributed by atoms with Gasteiger partial charge in [-0.25, -0.2) is 0 Å². The average Bonchev–Trinajstić information content (AvgIpc) is 2.72. The highest BCUT2D eigenvalue weighted by atomic mass is 19.4. The van der Waals surface area contributed by atoms with Crippen molar-refractivity contribution in [3.8, 4) is 5.75 Å². The smallest absolute Gasteiger partial charge is 0.416 e. The zero-order chi connectivity index (χ0) is 20.7. The van der Waals surface area contributed by atoms with E-state index in [0.717, 1.165) is 37.3 Å². The van der Waals surface area contributed by atoms with Crippen molar-refractivity contribution in [1.29, 1.82) is 0 Å². The molecule has 1 saturated heterocycles. The van der Waals surface area contributed by atoms with Crippen LogP contribution in [0.25, 0.3) is 0 Å². The number of halogens is 3. The van der Waals surface area contributed by atoms with Crippen molar-refractivity contribution >= 4 is 5.91 Å². The van der Waals surface area contributed by atoms with E-state index in [9.17, 15) is 18.0 Å². The Morgan fingerprint density at radius 1 is 1.00 bits per heavy atom. The minimum absolute atomic E-state index is 0.0143. The fourth-order valence-electron chi connectivity index (χ4n) is 3.40. The summed E-state index contributed by atoms with van der Waals surface area (Å²) in [6.45, 7) is 3.05. The first kappa shape index (κ1) is 21.2. The number of alkyl halides is 3. The van der Waals surface area contributed by atoms with Crippen LogP contribution in [0.1, 0.15) is 36.0 Å². The van der Waals surface area contributed by atoms with Gasteiger partial charge >= 0.3 is 6.18 Å². The maximum Gasteiger partial charge on any atom is 0.416 e. The molecule has 1 amide bonds. The van der Waals surface area contributed by atoms with Crippen LogP contribution in [0.15, 0.2) is 48.5 Å². The Hall–Kier alpha value is -2.54. The fourth-order valence-corrected chi connectivity index (χ4v) is 3.40. The Morgan fingerprint density at radius 2 is 1.72 bits per heavy atom. The Bertz CT molecular complexity index is 818. The summed E-state index contributed by atoms with van der Waals surface area (Å²) in [4.78, 5) is 14.5. The molecule has 0 atom stereocenters. The van der Waals surface area contributed by atoms with Gasteiger partial charge in [-0.05, 0) is 55.3 Å². The number of nitrogens with one attached hydrogen (secondary N) is 1. The molecule has 156 valence electrons. The van der Waals surface area contributed by atoms with E-state index in [1.807, 2.05) is 18.2 Å². The molecule has 1 aliphatic heterocycles. The van der Waals surface area contributed by atoms with Crippen LogP contribution in [0.5, 0.6) is 5.75 Å². The third-order valence-electron chi connectivity index (χ3n) is 4.97. The predicted molar refractivity (Wildman–Crippen MR) is 104 cm³/mol. The highest BCUT2D eigenvalue weighted by Gasteiger charge is 2.30. The number of hydrogen-bond acceptors (Lipinski definition) is 3. The zero-order valence-electron chi connectivity index (χ0n) is 16.2. The number of hydrogen-bond donors (Lipinski definition) is 1. The third kappa shape index (κ3) is 6.49. The topological polar surface area (TPSA) is 41.6 Å². The number of ether oxygens (including phenoxy) is 1. The van der Waals surface area contributed by atoms with Crippen molar-refractivity contribution in [3.63, 3.8) is 0 Å². The molecular formula is C22H25F3N2O2. The lowest BCUT2D eigenvalue weighted by atomic mass is 10.0. The van der Waals surface area contributed by atoms with Crippen LogP contribution in [-0.2, 0) is 24.1 Å². The molecule has 0 spiro atoms. The standard InChI is InChI=1S/C22H25F3N2O2/c23-22(24,25)19-9-6-10-20(13-19)29-16-21(28)26-14-17-7-2-3-8-18(17)15-27-11-4-1-5-12-27/h2-3,6-10,13H,1,4-5,11-12,14-16H2,(H,26,28). The van der Waals surface area contributed by atoms with Gasteiger partial charge in [0.2, 0.25) is 0 Å². The van der Waals surface area contributed by atoms with E-state index in [-0.39, 0.29) is 18.3 Å². The Balaban J connectivity index is 1.51. The van der Waals surface area contributed by atoms with Gasteiger partial charge in [0.25, 0.3) is 5.91 Å². The average molecular weight is 406 g/mol. The van der Waals surface area contributed by atoms with Crippen molar-refractivity contribution in [2.45, 2.75) is 38.5 Å². The monoisotopic (exact) mass is 406 g/mol. The van der Waals surface area contributed by atoms with E-state index in [0.29, 0.717) is 6.54 Å². The van der Waals surface area contributed by atoms with Gasteiger partial charge in [-0.2, -0.15) is 13.2 Å². The highest BCUT2D eigenvalue weighted by molar-refractivity contribution is 5.77. The molecule has 0 aromatic heterocycles. The SMILES string of the molecule is O=C(COc1cccc(C(F)(F)F)c1)NCc1ccccc1CN1CCCCC1. The lowest BCUT2D eigenvalue weighted by Gasteiger charge is -2.27. The minimum Gasteiger partial charge on any atom is -0.484 e. The first-order valence-corrected chi connectivity index (χ1v) is 9.78. The second-order valence-electron chi connectivity index (χ2n) is 7.20. The summed E-state index contributed by atoms with van der Waals surface area (Å²) in [5, 5.41) is 2.79. The van der Waals surface area contributed by atoms with Gasteiger partial charge in [0.1, 0.15) is 5.75 Å². The zero-order valence-corrected chi connectivity index (χ0v) is 16.2. The molecule has 7 heteroatoms. The van der Waals surface area contributed by atoms with Crippen LogP contribution in [0.3, 0.4) is 0 Å². The van der Waals surface area contributed by atoms with E-state index in [2.05, 4.69) is 16.3 Å². The minimum atomic E-state index is -4.44. The number of carbonyl (C=O) groups is 1. The van der Waals surface area contributed by atoms with Crippen LogP contribution in [0.4, 0.5) is 13.2 Å². The first-order chi connectivity index (χ1) is 13.9. The largest absolute Gasteiger partial charge is 0.484 e. The number of nitrogens with zero attached hydrogens (tertiary/aromatic N) is 1. The maximum atomic E-state index is 12.7. The van der Waals surface area contributed by atoms with Gasteiger partial charge in [-0.1, -0.05) is 36.8 Å². The molecular weight excluding hydrogens is 381 g/mol. The van der Waals surface area contributed by atoms with E-state index < -0.39 is 11.7 Å². The quantitative estimate of drug-likeness (QED) is 0.742. The fraction of sp³-hybridized carbons (Fsp3) is 0.409. The van der Waals surface area contributed by atoms with Gasteiger partial charge in [0.15, 0.2) is 6.61 Å². The maximum absolute atomic E-state index is 12.7. The molecule has 0 bridgehead atoms. The van der Waals surface area contributed by atoms with Gasteiger partial charge in [0, 0.05) is 13.1 Å². The highest BCUT2D eigenvalue weighted by Crippen LogP contribution is 2.31. The Kier molecular flexibility index (Phi) is 7.14. The molecule has 1 fully saturated rings. The second-order valence-corrected chi connectivity index (χ2v) is 7.20. The van der Waals surface area contributed by atoms with Crippen LogP contribution in [0.2, 0.25) is 0 Å². The summed E-state index contributed by atoms with van der Waals surface area (Å²) in [6, 6.07) is 12.5. The van der Waals surface area contributed by atoms with E-state index in [1.54, 1.807) is 0 Å². The van der Waals surface area contributed by atoms with Gasteiger partial charge < -0.3 is 10.1 Å². The summed E-state index contributed by atoms with van der Waals surface area (Å²) < 4.78 is 43.5. The number of likely N-dealkylation sites (tertiary alicyclic amines) is 1. The van der Waals surface area contributed by atoms with Crippen LogP contribution in [0, 0.1) is 0 Å². The molecule has 0 aliphatic carbocycles. The second kappa shape index (κ2) is 9.78. The Morgan fingerprint density at radius 3 is 2.45 bits per heavy atom. The van der Waals surface area contributed by atoms with Crippen molar-refractivity contribution in [2.24, 2.45) is 0 Å². The summed E-state index contributed by atoms with van der Waals surface area (Å²) in [6.07, 6.45) is -0.739. The lowest BCUT2D eigenvalue weighted by Crippen LogP contribution is -2.31. The number of rotatable bonds is 7. The number of amides is 1. The number of carbonyl (C=O) groups excluding carboxylic acids is 1.